The zero-order chi connectivity index (χ0) is 7.40. The van der Waals surface area contributed by atoms with E-state index in [4.69, 9.17) is 0 Å². The molecule has 1 heterocycles. The highest BCUT2D eigenvalue weighted by molar-refractivity contribution is 5.72. The first-order valence-electron chi connectivity index (χ1n) is 3.70. The number of hydrogen-bond acceptors (Lipinski definition) is 1. The fourth-order valence-corrected chi connectivity index (χ4v) is 1.12. The molecule has 1 N–H and O–H groups in total. The van der Waals surface area contributed by atoms with Gasteiger partial charge in [-0.3, -0.25) is 4.79 Å². The van der Waals surface area contributed by atoms with Gasteiger partial charge in [0.15, 0.2) is 0 Å². The Balaban J connectivity index is 2.07. The van der Waals surface area contributed by atoms with Crippen LogP contribution in [-0.2, 0) is 4.79 Å². The summed E-state index contributed by atoms with van der Waals surface area (Å²) >= 11 is 0. The topological polar surface area (TPSA) is 43.2 Å². The first-order chi connectivity index (χ1) is 4.79. The molecule has 1 radical (unpaired) electrons. The SMILES string of the molecule is CC(=O)NCC1CCC[N]1. The number of hydrogen-bond donors (Lipinski definition) is 1. The fraction of sp³-hybridized carbons (Fsp3) is 0.857. The molecule has 1 saturated heterocycles. The Kier molecular flexibility index (Phi) is 2.68. The lowest BCUT2D eigenvalue weighted by molar-refractivity contribution is -0.119. The van der Waals surface area contributed by atoms with E-state index in [0.29, 0.717) is 6.04 Å². The third kappa shape index (κ3) is 2.35. The molecule has 0 spiro atoms. The van der Waals surface area contributed by atoms with Crippen molar-refractivity contribution in [2.45, 2.75) is 25.8 Å². The largest absolute Gasteiger partial charge is 0.355 e. The minimum Gasteiger partial charge on any atom is -0.355 e. The van der Waals surface area contributed by atoms with E-state index < -0.39 is 0 Å². The summed E-state index contributed by atoms with van der Waals surface area (Å²) < 4.78 is 0. The highest BCUT2D eigenvalue weighted by atomic mass is 16.1. The van der Waals surface area contributed by atoms with Crippen molar-refractivity contribution < 1.29 is 4.79 Å². The third-order valence-electron chi connectivity index (χ3n) is 1.67. The van der Waals surface area contributed by atoms with Crippen LogP contribution in [0.15, 0.2) is 0 Å². The Morgan fingerprint density at radius 1 is 1.80 bits per heavy atom. The van der Waals surface area contributed by atoms with Gasteiger partial charge in [-0.1, -0.05) is 0 Å². The maximum Gasteiger partial charge on any atom is 0.216 e. The molecule has 1 unspecified atom stereocenters. The summed E-state index contributed by atoms with van der Waals surface area (Å²) in [4.78, 5) is 10.4. The highest BCUT2D eigenvalue weighted by Gasteiger charge is 2.14. The quantitative estimate of drug-likeness (QED) is 0.573. The first-order valence-corrected chi connectivity index (χ1v) is 3.70. The minimum absolute atomic E-state index is 0.0436. The van der Waals surface area contributed by atoms with Gasteiger partial charge in [0, 0.05) is 26.1 Å². The number of carbonyl (C=O) groups is 1. The van der Waals surface area contributed by atoms with Gasteiger partial charge in [-0.25, -0.2) is 5.32 Å². The van der Waals surface area contributed by atoms with Crippen molar-refractivity contribution in [3.63, 3.8) is 0 Å². The zero-order valence-corrected chi connectivity index (χ0v) is 6.26. The predicted molar refractivity (Wildman–Crippen MR) is 38.7 cm³/mol. The van der Waals surface area contributed by atoms with E-state index in [1.165, 1.54) is 13.3 Å². The Morgan fingerprint density at radius 3 is 3.10 bits per heavy atom. The predicted octanol–water partition coefficient (Wildman–Crippen LogP) is -0.111. The molecule has 0 bridgehead atoms. The van der Waals surface area contributed by atoms with Crippen LogP contribution in [0.2, 0.25) is 0 Å². The normalized spacial score (nSPS) is 24.7. The molecule has 1 amide bonds. The van der Waals surface area contributed by atoms with Crippen LogP contribution in [0.25, 0.3) is 0 Å². The smallest absolute Gasteiger partial charge is 0.216 e. The summed E-state index contributed by atoms with van der Waals surface area (Å²) in [7, 11) is 0. The first kappa shape index (κ1) is 7.54. The molecule has 0 aliphatic carbocycles. The summed E-state index contributed by atoms with van der Waals surface area (Å²) in [5, 5.41) is 7.05. The Morgan fingerprint density at radius 2 is 2.60 bits per heavy atom. The Labute approximate surface area is 61.2 Å². The van der Waals surface area contributed by atoms with Gasteiger partial charge in [0.1, 0.15) is 0 Å². The van der Waals surface area contributed by atoms with Gasteiger partial charge in [-0.15, -0.1) is 0 Å². The second-order valence-electron chi connectivity index (χ2n) is 2.64. The van der Waals surface area contributed by atoms with Gasteiger partial charge in [0.05, 0.1) is 0 Å². The Bertz CT molecular complexity index is 119. The minimum atomic E-state index is 0.0436. The molecule has 1 fully saturated rings. The third-order valence-corrected chi connectivity index (χ3v) is 1.67. The van der Waals surface area contributed by atoms with Crippen molar-refractivity contribution in [2.75, 3.05) is 13.1 Å². The molecule has 0 aromatic carbocycles. The molecule has 57 valence electrons. The van der Waals surface area contributed by atoms with E-state index in [2.05, 4.69) is 10.6 Å². The lowest BCUT2D eigenvalue weighted by Crippen LogP contribution is -2.32. The van der Waals surface area contributed by atoms with Gasteiger partial charge < -0.3 is 5.32 Å². The molecule has 10 heavy (non-hydrogen) atoms. The van der Waals surface area contributed by atoms with Gasteiger partial charge in [0.25, 0.3) is 0 Å². The molecule has 0 aromatic heterocycles. The molecular weight excluding hydrogens is 128 g/mol. The van der Waals surface area contributed by atoms with E-state index in [1.54, 1.807) is 0 Å². The van der Waals surface area contributed by atoms with E-state index >= 15 is 0 Å². The summed E-state index contributed by atoms with van der Waals surface area (Å²) in [6.07, 6.45) is 2.32. The summed E-state index contributed by atoms with van der Waals surface area (Å²) in [6.45, 7) is 3.24. The second kappa shape index (κ2) is 3.56. The monoisotopic (exact) mass is 141 g/mol. The molecule has 1 aliphatic rings. The van der Waals surface area contributed by atoms with Crippen LogP contribution >= 0.6 is 0 Å². The van der Waals surface area contributed by atoms with Crippen molar-refractivity contribution in [1.29, 1.82) is 0 Å². The van der Waals surface area contributed by atoms with Crippen molar-refractivity contribution in [3.8, 4) is 0 Å². The van der Waals surface area contributed by atoms with Crippen molar-refractivity contribution in [1.82, 2.24) is 10.6 Å². The van der Waals surface area contributed by atoms with Gasteiger partial charge >= 0.3 is 0 Å². The molecule has 1 rings (SSSR count). The summed E-state index contributed by atoms with van der Waals surface area (Å²) in [5.74, 6) is 0.0436. The van der Waals surface area contributed by atoms with Crippen LogP contribution in [0.5, 0.6) is 0 Å². The summed E-state index contributed by atoms with van der Waals surface area (Å²) in [5.41, 5.74) is 0. The standard InChI is InChI=1S/C7H13N2O/c1-6(10)9-5-7-3-2-4-8-7/h7H,2-5H2,1H3,(H,9,10). The molecule has 0 aromatic rings. The van der Waals surface area contributed by atoms with Crippen LogP contribution in [0.3, 0.4) is 0 Å². The van der Waals surface area contributed by atoms with Crippen LogP contribution in [-0.4, -0.2) is 25.0 Å². The molecule has 1 atom stereocenters. The maximum atomic E-state index is 10.4. The molecule has 0 saturated carbocycles. The molecular formula is C7H13N2O. The van der Waals surface area contributed by atoms with E-state index in [0.717, 1.165) is 19.5 Å². The number of carbonyl (C=O) groups excluding carboxylic acids is 1. The summed E-state index contributed by atoms with van der Waals surface area (Å²) in [6, 6.07) is 0.392. The lowest BCUT2D eigenvalue weighted by Gasteiger charge is -2.07. The van der Waals surface area contributed by atoms with Crippen LogP contribution in [0.4, 0.5) is 0 Å². The van der Waals surface area contributed by atoms with Crippen molar-refractivity contribution >= 4 is 5.91 Å². The average molecular weight is 141 g/mol. The molecule has 3 heteroatoms. The number of rotatable bonds is 2. The second-order valence-corrected chi connectivity index (χ2v) is 2.64. The Hall–Kier alpha value is -0.570. The van der Waals surface area contributed by atoms with Crippen LogP contribution in [0.1, 0.15) is 19.8 Å². The fourth-order valence-electron chi connectivity index (χ4n) is 1.12. The van der Waals surface area contributed by atoms with E-state index in [1.807, 2.05) is 0 Å². The van der Waals surface area contributed by atoms with E-state index in [-0.39, 0.29) is 5.91 Å². The molecule has 1 aliphatic heterocycles. The van der Waals surface area contributed by atoms with E-state index in [9.17, 15) is 4.79 Å². The maximum absolute atomic E-state index is 10.4. The van der Waals surface area contributed by atoms with Crippen molar-refractivity contribution in [3.05, 3.63) is 0 Å². The van der Waals surface area contributed by atoms with Crippen LogP contribution < -0.4 is 10.6 Å². The van der Waals surface area contributed by atoms with Gasteiger partial charge in [-0.05, 0) is 12.8 Å². The van der Waals surface area contributed by atoms with Gasteiger partial charge in [0.2, 0.25) is 5.91 Å². The van der Waals surface area contributed by atoms with Crippen LogP contribution in [0, 0.1) is 0 Å². The number of amides is 1. The average Bonchev–Trinajstić information content (AvgIpc) is 2.34. The van der Waals surface area contributed by atoms with Crippen molar-refractivity contribution in [2.24, 2.45) is 0 Å². The number of nitrogens with one attached hydrogen (secondary N) is 1. The number of nitrogens with zero attached hydrogens (tertiary/aromatic N) is 1. The molecule has 3 nitrogen and oxygen atoms in total. The highest BCUT2D eigenvalue weighted by Crippen LogP contribution is 2.04. The van der Waals surface area contributed by atoms with Gasteiger partial charge in [-0.2, -0.15) is 0 Å². The lowest BCUT2D eigenvalue weighted by atomic mass is 10.2. The zero-order valence-electron chi connectivity index (χ0n) is 6.26.